The summed E-state index contributed by atoms with van der Waals surface area (Å²) in [7, 11) is 0. The minimum absolute atomic E-state index is 0.0457. The lowest BCUT2D eigenvalue weighted by Crippen LogP contribution is -2.07. The van der Waals surface area contributed by atoms with Gasteiger partial charge >= 0.3 is 0 Å². The third kappa shape index (κ3) is 5.75. The Bertz CT molecular complexity index is 752. The molecule has 0 radical (unpaired) electrons. The number of ketones is 1. The van der Waals surface area contributed by atoms with E-state index in [-0.39, 0.29) is 5.78 Å². The number of rotatable bonds is 11. The number of aryl methyl sites for hydroxylation is 2. The van der Waals surface area contributed by atoms with E-state index in [9.17, 15) is 4.79 Å². The zero-order chi connectivity index (χ0) is 19.6. The lowest BCUT2D eigenvalue weighted by Gasteiger charge is -2.14. The highest BCUT2D eigenvalue weighted by Gasteiger charge is 2.16. The van der Waals surface area contributed by atoms with E-state index in [1.165, 1.54) is 5.56 Å². The zero-order valence-corrected chi connectivity index (χ0v) is 16.8. The molecule has 4 nitrogen and oxygen atoms in total. The van der Waals surface area contributed by atoms with Crippen LogP contribution in [0.3, 0.4) is 0 Å². The number of benzene rings is 2. The van der Waals surface area contributed by atoms with Crippen molar-refractivity contribution in [1.29, 1.82) is 0 Å². The second-order valence-electron chi connectivity index (χ2n) is 6.18. The number of carbonyl (C=O) groups excluding carboxylic acids is 1. The van der Waals surface area contributed by atoms with Crippen LogP contribution in [-0.2, 0) is 12.8 Å². The molecule has 0 amide bonds. The number of ether oxygens (including phenoxy) is 3. The summed E-state index contributed by atoms with van der Waals surface area (Å²) in [5.74, 6) is 2.20. The van der Waals surface area contributed by atoms with E-state index >= 15 is 0 Å². The maximum atomic E-state index is 12.9. The SMILES string of the molecule is CCOc1ccc(OCC)c(C(=O)CCc2cc(CC)ccc2OCC)c1. The van der Waals surface area contributed by atoms with E-state index < -0.39 is 0 Å². The number of hydrogen-bond donors (Lipinski definition) is 0. The quantitative estimate of drug-likeness (QED) is 0.506. The summed E-state index contributed by atoms with van der Waals surface area (Å²) in [4.78, 5) is 12.9. The first-order valence-electron chi connectivity index (χ1n) is 9.80. The van der Waals surface area contributed by atoms with Gasteiger partial charge in [0.25, 0.3) is 0 Å². The van der Waals surface area contributed by atoms with E-state index in [1.807, 2.05) is 39.0 Å². The Morgan fingerprint density at radius 3 is 2.15 bits per heavy atom. The second-order valence-corrected chi connectivity index (χ2v) is 6.18. The van der Waals surface area contributed by atoms with Crippen molar-refractivity contribution in [2.24, 2.45) is 0 Å². The highest BCUT2D eigenvalue weighted by molar-refractivity contribution is 5.99. The molecule has 0 unspecified atom stereocenters. The fourth-order valence-electron chi connectivity index (χ4n) is 2.99. The van der Waals surface area contributed by atoms with Crippen LogP contribution < -0.4 is 14.2 Å². The van der Waals surface area contributed by atoms with Gasteiger partial charge in [-0.15, -0.1) is 0 Å². The van der Waals surface area contributed by atoms with Gasteiger partial charge in [-0.05, 0) is 69.0 Å². The van der Waals surface area contributed by atoms with Crippen molar-refractivity contribution in [3.63, 3.8) is 0 Å². The fourth-order valence-corrected chi connectivity index (χ4v) is 2.99. The van der Waals surface area contributed by atoms with Crippen LogP contribution in [0, 0.1) is 0 Å². The van der Waals surface area contributed by atoms with Gasteiger partial charge in [-0.2, -0.15) is 0 Å². The third-order valence-electron chi connectivity index (χ3n) is 4.32. The zero-order valence-electron chi connectivity index (χ0n) is 16.8. The minimum Gasteiger partial charge on any atom is -0.494 e. The van der Waals surface area contributed by atoms with Crippen LogP contribution in [0.1, 0.15) is 55.6 Å². The first-order valence-corrected chi connectivity index (χ1v) is 9.80. The van der Waals surface area contributed by atoms with E-state index in [1.54, 1.807) is 6.07 Å². The molecule has 0 spiro atoms. The molecule has 4 heteroatoms. The van der Waals surface area contributed by atoms with E-state index in [0.29, 0.717) is 49.7 Å². The maximum Gasteiger partial charge on any atom is 0.167 e. The maximum absolute atomic E-state index is 12.9. The molecular weight excluding hydrogens is 340 g/mol. The van der Waals surface area contributed by atoms with Crippen LogP contribution in [0.15, 0.2) is 36.4 Å². The van der Waals surface area contributed by atoms with E-state index in [0.717, 1.165) is 17.7 Å². The molecule has 0 aromatic heterocycles. The predicted molar refractivity (Wildman–Crippen MR) is 108 cm³/mol. The van der Waals surface area contributed by atoms with Crippen molar-refractivity contribution in [3.8, 4) is 17.2 Å². The topological polar surface area (TPSA) is 44.8 Å². The highest BCUT2D eigenvalue weighted by atomic mass is 16.5. The largest absolute Gasteiger partial charge is 0.494 e. The molecule has 0 N–H and O–H groups in total. The summed E-state index contributed by atoms with van der Waals surface area (Å²) in [5, 5.41) is 0. The van der Waals surface area contributed by atoms with Crippen molar-refractivity contribution >= 4 is 5.78 Å². The summed E-state index contributed by atoms with van der Waals surface area (Å²) in [6.45, 7) is 9.61. The number of hydrogen-bond acceptors (Lipinski definition) is 4. The van der Waals surface area contributed by atoms with Crippen LogP contribution in [0.4, 0.5) is 0 Å². The van der Waals surface area contributed by atoms with Gasteiger partial charge in [-0.3, -0.25) is 4.79 Å². The van der Waals surface area contributed by atoms with Gasteiger partial charge in [0.05, 0.1) is 25.4 Å². The van der Waals surface area contributed by atoms with Gasteiger partial charge in [0.1, 0.15) is 17.2 Å². The summed E-state index contributed by atoms with van der Waals surface area (Å²) in [6, 6.07) is 11.6. The second kappa shape index (κ2) is 10.6. The highest BCUT2D eigenvalue weighted by Crippen LogP contribution is 2.28. The number of Topliss-reactive ketones (excluding diaryl/α,β-unsaturated/α-hetero) is 1. The van der Waals surface area contributed by atoms with Crippen LogP contribution in [-0.4, -0.2) is 25.6 Å². The molecule has 2 aromatic rings. The Labute approximate surface area is 162 Å². The van der Waals surface area contributed by atoms with Crippen LogP contribution in [0.2, 0.25) is 0 Å². The Balaban J connectivity index is 2.21. The van der Waals surface area contributed by atoms with Gasteiger partial charge in [0.2, 0.25) is 0 Å². The Morgan fingerprint density at radius 2 is 1.48 bits per heavy atom. The third-order valence-corrected chi connectivity index (χ3v) is 4.32. The van der Waals surface area contributed by atoms with Crippen LogP contribution >= 0.6 is 0 Å². The van der Waals surface area contributed by atoms with Gasteiger partial charge in [0, 0.05) is 6.42 Å². The fraction of sp³-hybridized carbons (Fsp3) is 0.435. The Kier molecular flexibility index (Phi) is 8.18. The standard InChI is InChI=1S/C23H30O4/c1-5-17-9-13-22(26-7-3)18(15-17)10-12-21(24)20-16-19(25-6-2)11-14-23(20)27-8-4/h9,11,13-16H,5-8,10,12H2,1-4H3. The summed E-state index contributed by atoms with van der Waals surface area (Å²) >= 11 is 0. The van der Waals surface area contributed by atoms with Gasteiger partial charge < -0.3 is 14.2 Å². The van der Waals surface area contributed by atoms with Crippen LogP contribution in [0.5, 0.6) is 17.2 Å². The first kappa shape index (κ1) is 20.8. The molecule has 0 saturated carbocycles. The smallest absolute Gasteiger partial charge is 0.167 e. The van der Waals surface area contributed by atoms with Gasteiger partial charge in [-0.25, -0.2) is 0 Å². The lowest BCUT2D eigenvalue weighted by molar-refractivity contribution is 0.0978. The summed E-state index contributed by atoms with van der Waals surface area (Å²) in [6.07, 6.45) is 1.98. The molecule has 2 aromatic carbocycles. The van der Waals surface area contributed by atoms with Crippen molar-refractivity contribution in [3.05, 3.63) is 53.1 Å². The molecule has 0 saturated heterocycles. The molecule has 0 aliphatic rings. The van der Waals surface area contributed by atoms with Crippen molar-refractivity contribution in [1.82, 2.24) is 0 Å². The normalized spacial score (nSPS) is 10.5. The predicted octanol–water partition coefficient (Wildman–Crippen LogP) is 5.26. The van der Waals surface area contributed by atoms with E-state index in [2.05, 4.69) is 19.1 Å². The molecule has 2 rings (SSSR count). The minimum atomic E-state index is 0.0457. The first-order chi connectivity index (χ1) is 13.1. The number of carbonyl (C=O) groups is 1. The molecule has 0 fully saturated rings. The molecule has 27 heavy (non-hydrogen) atoms. The van der Waals surface area contributed by atoms with Crippen LogP contribution in [0.25, 0.3) is 0 Å². The monoisotopic (exact) mass is 370 g/mol. The molecule has 0 aliphatic carbocycles. The molecule has 0 heterocycles. The van der Waals surface area contributed by atoms with Crippen molar-refractivity contribution < 1.29 is 19.0 Å². The average molecular weight is 370 g/mol. The summed E-state index contributed by atoms with van der Waals surface area (Å²) in [5.41, 5.74) is 2.89. The Morgan fingerprint density at radius 1 is 0.815 bits per heavy atom. The van der Waals surface area contributed by atoms with Crippen molar-refractivity contribution in [2.45, 2.75) is 47.0 Å². The van der Waals surface area contributed by atoms with Crippen molar-refractivity contribution in [2.75, 3.05) is 19.8 Å². The molecule has 0 aliphatic heterocycles. The van der Waals surface area contributed by atoms with Gasteiger partial charge in [0.15, 0.2) is 5.78 Å². The lowest BCUT2D eigenvalue weighted by atomic mass is 9.99. The average Bonchev–Trinajstić information content (AvgIpc) is 2.68. The van der Waals surface area contributed by atoms with Gasteiger partial charge in [-0.1, -0.05) is 19.1 Å². The molecular formula is C23H30O4. The molecule has 146 valence electrons. The summed E-state index contributed by atoms with van der Waals surface area (Å²) < 4.78 is 16.9. The van der Waals surface area contributed by atoms with E-state index in [4.69, 9.17) is 14.2 Å². The molecule has 0 atom stereocenters. The molecule has 0 bridgehead atoms. The Hall–Kier alpha value is -2.49.